The zero-order valence-corrected chi connectivity index (χ0v) is 12.9. The Morgan fingerprint density at radius 3 is 2.38 bits per heavy atom. The molecule has 0 fully saturated rings. The molecule has 0 N–H and O–H groups in total. The van der Waals surface area contributed by atoms with Crippen molar-refractivity contribution in [2.75, 3.05) is 6.61 Å². The van der Waals surface area contributed by atoms with E-state index in [-0.39, 0.29) is 5.92 Å². The smallest absolute Gasteiger partial charge is 0.186 e. The van der Waals surface area contributed by atoms with E-state index < -0.39 is 0 Å². The van der Waals surface area contributed by atoms with Crippen molar-refractivity contribution in [3.8, 4) is 17.5 Å². The highest BCUT2D eigenvalue weighted by Gasteiger charge is 2.17. The summed E-state index contributed by atoms with van der Waals surface area (Å²) in [6.07, 6.45) is 0. The van der Waals surface area contributed by atoms with Crippen LogP contribution in [0.25, 0.3) is 5.69 Å². The van der Waals surface area contributed by atoms with Crippen molar-refractivity contribution in [2.45, 2.75) is 33.6 Å². The molecule has 0 bridgehead atoms. The highest BCUT2D eigenvalue weighted by Crippen LogP contribution is 2.22. The average Bonchev–Trinajstić information content (AvgIpc) is 2.89. The number of nitriles is 1. The lowest BCUT2D eigenvalue weighted by Crippen LogP contribution is -2.06. The molecule has 110 valence electrons. The van der Waals surface area contributed by atoms with Gasteiger partial charge in [-0.3, -0.25) is 0 Å². The highest BCUT2D eigenvalue weighted by molar-refractivity contribution is 5.40. The van der Waals surface area contributed by atoms with Gasteiger partial charge in [0.1, 0.15) is 11.8 Å². The quantitative estimate of drug-likeness (QED) is 0.845. The van der Waals surface area contributed by atoms with E-state index in [1.54, 1.807) is 4.68 Å². The summed E-state index contributed by atoms with van der Waals surface area (Å²) in [5.74, 6) is 1.50. The molecular formula is C16H20N4O. The van der Waals surface area contributed by atoms with Gasteiger partial charge in [-0.1, -0.05) is 32.9 Å². The molecule has 0 amide bonds. The summed E-state index contributed by atoms with van der Waals surface area (Å²) in [6, 6.07) is 9.77. The largest absolute Gasteiger partial charge is 0.493 e. The number of ether oxygens (including phenoxy) is 1. The summed E-state index contributed by atoms with van der Waals surface area (Å²) in [5, 5.41) is 17.1. The van der Waals surface area contributed by atoms with Gasteiger partial charge >= 0.3 is 0 Å². The van der Waals surface area contributed by atoms with Gasteiger partial charge in [0.05, 0.1) is 18.0 Å². The van der Waals surface area contributed by atoms with Gasteiger partial charge in [0.15, 0.2) is 5.69 Å². The molecule has 0 atom stereocenters. The number of rotatable bonds is 5. The molecule has 0 unspecified atom stereocenters. The molecule has 21 heavy (non-hydrogen) atoms. The maximum absolute atomic E-state index is 9.11. The Morgan fingerprint density at radius 2 is 1.86 bits per heavy atom. The molecule has 1 aromatic heterocycles. The Kier molecular flexibility index (Phi) is 4.59. The molecule has 1 heterocycles. The molecule has 0 radical (unpaired) electrons. The fourth-order valence-electron chi connectivity index (χ4n) is 2.02. The van der Waals surface area contributed by atoms with Crippen LogP contribution in [0.1, 0.15) is 45.0 Å². The fourth-order valence-corrected chi connectivity index (χ4v) is 2.02. The Labute approximate surface area is 125 Å². The van der Waals surface area contributed by atoms with Gasteiger partial charge in [-0.05, 0) is 36.1 Å². The maximum atomic E-state index is 9.11. The monoisotopic (exact) mass is 284 g/mol. The number of aromatic nitrogens is 3. The van der Waals surface area contributed by atoms with Crippen molar-refractivity contribution < 1.29 is 4.74 Å². The minimum Gasteiger partial charge on any atom is -0.493 e. The zero-order chi connectivity index (χ0) is 15.4. The van der Waals surface area contributed by atoms with Crippen LogP contribution in [-0.2, 0) is 0 Å². The van der Waals surface area contributed by atoms with Crippen molar-refractivity contribution >= 4 is 0 Å². The van der Waals surface area contributed by atoms with Gasteiger partial charge in [0.25, 0.3) is 0 Å². The van der Waals surface area contributed by atoms with E-state index in [9.17, 15) is 0 Å². The van der Waals surface area contributed by atoms with Crippen LogP contribution in [0.3, 0.4) is 0 Å². The zero-order valence-electron chi connectivity index (χ0n) is 12.9. The van der Waals surface area contributed by atoms with Crippen LogP contribution >= 0.6 is 0 Å². The summed E-state index contributed by atoms with van der Waals surface area (Å²) >= 11 is 0. The second-order valence-corrected chi connectivity index (χ2v) is 5.70. The van der Waals surface area contributed by atoms with E-state index in [2.05, 4.69) is 30.2 Å². The Balaban J connectivity index is 2.27. The number of hydrogen-bond donors (Lipinski definition) is 0. The van der Waals surface area contributed by atoms with Gasteiger partial charge in [-0.2, -0.15) is 5.26 Å². The van der Waals surface area contributed by atoms with Gasteiger partial charge in [0.2, 0.25) is 0 Å². The van der Waals surface area contributed by atoms with Crippen LogP contribution in [0.4, 0.5) is 0 Å². The van der Waals surface area contributed by atoms with Gasteiger partial charge in [-0.25, -0.2) is 4.68 Å². The summed E-state index contributed by atoms with van der Waals surface area (Å²) in [4.78, 5) is 0. The van der Waals surface area contributed by atoms with Crippen molar-refractivity contribution in [2.24, 2.45) is 5.92 Å². The van der Waals surface area contributed by atoms with Gasteiger partial charge in [-0.15, -0.1) is 5.10 Å². The van der Waals surface area contributed by atoms with Crippen LogP contribution in [0.2, 0.25) is 0 Å². The Hall–Kier alpha value is -2.35. The third-order valence-corrected chi connectivity index (χ3v) is 3.02. The van der Waals surface area contributed by atoms with Crippen LogP contribution in [0, 0.1) is 17.2 Å². The molecule has 5 nitrogen and oxygen atoms in total. The predicted molar refractivity (Wildman–Crippen MR) is 80.5 cm³/mol. The molecule has 1 aromatic carbocycles. The topological polar surface area (TPSA) is 63.7 Å². The van der Waals surface area contributed by atoms with Crippen molar-refractivity contribution in [3.05, 3.63) is 35.7 Å². The van der Waals surface area contributed by atoms with Gasteiger partial charge in [0, 0.05) is 0 Å². The Bertz CT molecular complexity index is 635. The normalized spacial score (nSPS) is 10.9. The third-order valence-electron chi connectivity index (χ3n) is 3.02. The summed E-state index contributed by atoms with van der Waals surface area (Å²) in [5.41, 5.74) is 2.09. The van der Waals surface area contributed by atoms with E-state index >= 15 is 0 Å². The predicted octanol–water partition coefficient (Wildman–Crippen LogP) is 3.30. The van der Waals surface area contributed by atoms with E-state index in [0.29, 0.717) is 18.2 Å². The molecule has 0 aliphatic rings. The molecule has 2 rings (SSSR count). The lowest BCUT2D eigenvalue weighted by Gasteiger charge is -2.11. The van der Waals surface area contributed by atoms with Crippen LogP contribution in [0.15, 0.2) is 24.3 Å². The maximum Gasteiger partial charge on any atom is 0.186 e. The minimum absolute atomic E-state index is 0.173. The SMILES string of the molecule is CC(C)COc1ccc(-n2nnc(C#N)c2C(C)C)cc1. The number of hydrogen-bond acceptors (Lipinski definition) is 4. The van der Waals surface area contributed by atoms with Crippen molar-refractivity contribution in [1.82, 2.24) is 15.0 Å². The lowest BCUT2D eigenvalue weighted by atomic mass is 10.1. The fraction of sp³-hybridized carbons (Fsp3) is 0.438. The van der Waals surface area contributed by atoms with E-state index in [1.165, 1.54) is 0 Å². The van der Waals surface area contributed by atoms with E-state index in [4.69, 9.17) is 10.00 Å². The standard InChI is InChI=1S/C16H20N4O/c1-11(2)10-21-14-7-5-13(6-8-14)20-16(12(3)4)15(9-17)18-19-20/h5-8,11-12H,10H2,1-4H3. The number of benzene rings is 1. The van der Waals surface area contributed by atoms with Gasteiger partial charge < -0.3 is 4.74 Å². The van der Waals surface area contributed by atoms with Crippen LogP contribution < -0.4 is 4.74 Å². The first-order valence-corrected chi connectivity index (χ1v) is 7.11. The van der Waals surface area contributed by atoms with Crippen molar-refractivity contribution in [3.63, 3.8) is 0 Å². The summed E-state index contributed by atoms with van der Waals surface area (Å²) in [7, 11) is 0. The number of nitrogens with zero attached hydrogens (tertiary/aromatic N) is 4. The molecule has 0 saturated heterocycles. The van der Waals surface area contributed by atoms with Crippen LogP contribution in [-0.4, -0.2) is 21.6 Å². The average molecular weight is 284 g/mol. The molecule has 0 aliphatic carbocycles. The second kappa shape index (κ2) is 6.40. The van der Waals surface area contributed by atoms with Crippen molar-refractivity contribution in [1.29, 1.82) is 5.26 Å². The lowest BCUT2D eigenvalue weighted by molar-refractivity contribution is 0.271. The highest BCUT2D eigenvalue weighted by atomic mass is 16.5. The second-order valence-electron chi connectivity index (χ2n) is 5.70. The Morgan fingerprint density at radius 1 is 1.19 bits per heavy atom. The first-order valence-electron chi connectivity index (χ1n) is 7.11. The molecule has 0 aliphatic heterocycles. The first-order chi connectivity index (χ1) is 10.0. The molecular weight excluding hydrogens is 264 g/mol. The van der Waals surface area contributed by atoms with Crippen LogP contribution in [0.5, 0.6) is 5.75 Å². The summed E-state index contributed by atoms with van der Waals surface area (Å²) < 4.78 is 7.38. The first kappa shape index (κ1) is 15.0. The molecule has 0 saturated carbocycles. The third kappa shape index (κ3) is 3.40. The molecule has 2 aromatic rings. The molecule has 5 heteroatoms. The molecule has 0 spiro atoms. The summed E-state index contributed by atoms with van der Waals surface area (Å²) in [6.45, 7) is 8.97. The minimum atomic E-state index is 0.173. The van der Waals surface area contributed by atoms with E-state index in [1.807, 2.05) is 38.1 Å². The van der Waals surface area contributed by atoms with E-state index in [0.717, 1.165) is 17.1 Å².